The Morgan fingerprint density at radius 1 is 1.14 bits per heavy atom. The maximum Gasteiger partial charge on any atom is 0.433 e. The van der Waals surface area contributed by atoms with Crippen molar-refractivity contribution in [3.63, 3.8) is 0 Å². The SMILES string of the molecule is COC(=O)CC1CCN(C(=O)c2ccc(Cl)c(Cn3cc(C)c4nc(C(F)(F)F)cc(C)c43)c2Cl)CC1. The van der Waals surface area contributed by atoms with E-state index in [1.165, 1.54) is 7.11 Å². The topological polar surface area (TPSA) is 64.4 Å². The number of aryl methyl sites for hydroxylation is 2. The molecule has 0 spiro atoms. The van der Waals surface area contributed by atoms with Crippen molar-refractivity contribution in [3.8, 4) is 0 Å². The van der Waals surface area contributed by atoms with Gasteiger partial charge in [-0.15, -0.1) is 0 Å². The van der Waals surface area contributed by atoms with Gasteiger partial charge >= 0.3 is 12.1 Å². The lowest BCUT2D eigenvalue weighted by Gasteiger charge is -2.32. The molecule has 1 saturated heterocycles. The number of rotatable bonds is 5. The highest BCUT2D eigenvalue weighted by Crippen LogP contribution is 2.35. The first kappa shape index (κ1) is 27.3. The molecule has 198 valence electrons. The molecule has 37 heavy (non-hydrogen) atoms. The fourth-order valence-corrected chi connectivity index (χ4v) is 5.41. The number of piperidine rings is 1. The van der Waals surface area contributed by atoms with E-state index in [0.717, 1.165) is 6.07 Å². The third-order valence-corrected chi connectivity index (χ3v) is 7.60. The number of hydrogen-bond donors (Lipinski definition) is 0. The predicted molar refractivity (Wildman–Crippen MR) is 135 cm³/mol. The predicted octanol–water partition coefficient (Wildman–Crippen LogP) is 6.44. The summed E-state index contributed by atoms with van der Waals surface area (Å²) >= 11 is 13.2. The molecule has 0 aliphatic carbocycles. The van der Waals surface area contributed by atoms with Crippen LogP contribution in [-0.4, -0.2) is 46.5 Å². The monoisotopic (exact) mass is 555 g/mol. The van der Waals surface area contributed by atoms with Crippen LogP contribution in [0.2, 0.25) is 10.0 Å². The lowest BCUT2D eigenvalue weighted by molar-refractivity contribution is -0.142. The van der Waals surface area contributed by atoms with Gasteiger partial charge in [0.2, 0.25) is 0 Å². The summed E-state index contributed by atoms with van der Waals surface area (Å²) < 4.78 is 46.4. The van der Waals surface area contributed by atoms with E-state index in [4.69, 9.17) is 27.9 Å². The first-order valence-electron chi connectivity index (χ1n) is 11.8. The molecule has 11 heteroatoms. The number of methoxy groups -OCH3 is 1. The van der Waals surface area contributed by atoms with Crippen molar-refractivity contribution in [3.05, 3.63) is 62.4 Å². The summed E-state index contributed by atoms with van der Waals surface area (Å²) in [6, 6.07) is 4.20. The molecule has 1 fully saturated rings. The molecule has 1 amide bonds. The Labute approximate surface area is 222 Å². The summed E-state index contributed by atoms with van der Waals surface area (Å²) in [4.78, 5) is 30.4. The van der Waals surface area contributed by atoms with Crippen LogP contribution >= 0.6 is 23.2 Å². The van der Waals surface area contributed by atoms with Crippen molar-refractivity contribution < 1.29 is 27.5 Å². The molecule has 0 N–H and O–H groups in total. The number of aromatic nitrogens is 2. The van der Waals surface area contributed by atoms with Gasteiger partial charge in [-0.25, -0.2) is 4.98 Å². The zero-order valence-electron chi connectivity index (χ0n) is 20.6. The number of ether oxygens (including phenoxy) is 1. The molecular formula is C26H26Cl2F3N3O3. The quantitative estimate of drug-likeness (QED) is 0.340. The van der Waals surface area contributed by atoms with Crippen LogP contribution < -0.4 is 0 Å². The third kappa shape index (κ3) is 5.57. The minimum Gasteiger partial charge on any atom is -0.469 e. The van der Waals surface area contributed by atoms with Crippen molar-refractivity contribution in [2.24, 2.45) is 5.92 Å². The van der Waals surface area contributed by atoms with Crippen LogP contribution in [-0.2, 0) is 22.3 Å². The van der Waals surface area contributed by atoms with Crippen molar-refractivity contribution in [1.29, 1.82) is 0 Å². The lowest BCUT2D eigenvalue weighted by atomic mass is 9.93. The number of fused-ring (bicyclic) bond motifs is 1. The summed E-state index contributed by atoms with van der Waals surface area (Å²) in [5.41, 5.74) is 1.64. The Balaban J connectivity index is 1.61. The average Bonchev–Trinajstić information content (AvgIpc) is 3.17. The van der Waals surface area contributed by atoms with Gasteiger partial charge < -0.3 is 14.2 Å². The molecular weight excluding hydrogens is 530 g/mol. The number of nitrogens with zero attached hydrogens (tertiary/aromatic N) is 3. The molecule has 0 unspecified atom stereocenters. The minimum atomic E-state index is -4.55. The van der Waals surface area contributed by atoms with E-state index >= 15 is 0 Å². The molecule has 1 aromatic carbocycles. The highest BCUT2D eigenvalue weighted by Gasteiger charge is 2.34. The van der Waals surface area contributed by atoms with Crippen LogP contribution in [0.1, 0.15) is 52.0 Å². The maximum absolute atomic E-state index is 13.3. The highest BCUT2D eigenvalue weighted by atomic mass is 35.5. The fourth-order valence-electron chi connectivity index (χ4n) is 4.84. The van der Waals surface area contributed by atoms with Gasteiger partial charge in [0, 0.05) is 36.3 Å². The molecule has 0 atom stereocenters. The Morgan fingerprint density at radius 3 is 2.43 bits per heavy atom. The first-order chi connectivity index (χ1) is 17.4. The van der Waals surface area contributed by atoms with Gasteiger partial charge in [0.05, 0.1) is 35.3 Å². The third-order valence-electron chi connectivity index (χ3n) is 6.81. The van der Waals surface area contributed by atoms with Crippen LogP contribution in [0, 0.1) is 19.8 Å². The van der Waals surface area contributed by atoms with E-state index in [9.17, 15) is 22.8 Å². The zero-order valence-corrected chi connectivity index (χ0v) is 22.1. The summed E-state index contributed by atoms with van der Waals surface area (Å²) in [6.07, 6.45) is -1.16. The van der Waals surface area contributed by atoms with Crippen LogP contribution in [0.15, 0.2) is 24.4 Å². The molecule has 1 aliphatic heterocycles. The van der Waals surface area contributed by atoms with Gasteiger partial charge in [0.1, 0.15) is 5.69 Å². The summed E-state index contributed by atoms with van der Waals surface area (Å²) in [6.45, 7) is 4.42. The molecule has 1 aliphatic rings. The first-order valence-corrected chi connectivity index (χ1v) is 12.5. The van der Waals surface area contributed by atoms with Gasteiger partial charge in [0.15, 0.2) is 0 Å². The van der Waals surface area contributed by atoms with Crippen molar-refractivity contribution in [1.82, 2.24) is 14.5 Å². The molecule has 0 saturated carbocycles. The normalized spacial score (nSPS) is 14.9. The van der Waals surface area contributed by atoms with Crippen molar-refractivity contribution in [2.75, 3.05) is 20.2 Å². The molecule has 0 radical (unpaired) electrons. The summed E-state index contributed by atoms with van der Waals surface area (Å²) in [7, 11) is 1.36. The Hall–Kier alpha value is -2.78. The zero-order chi connectivity index (χ0) is 27.1. The van der Waals surface area contributed by atoms with Crippen LogP contribution in [0.5, 0.6) is 0 Å². The number of carbonyl (C=O) groups excluding carboxylic acids is 2. The number of alkyl halides is 3. The van der Waals surface area contributed by atoms with E-state index in [1.807, 2.05) is 0 Å². The smallest absolute Gasteiger partial charge is 0.433 e. The van der Waals surface area contributed by atoms with Gasteiger partial charge in [-0.1, -0.05) is 23.2 Å². The van der Waals surface area contributed by atoms with E-state index in [2.05, 4.69) is 4.98 Å². The standard InChI is InChI=1S/C26H26Cl2F3N3O3/c1-14-10-20(26(29,30)31)32-23-15(2)12-34(24(14)23)13-18-19(27)5-4-17(22(18)28)25(36)33-8-6-16(7-9-33)11-21(35)37-3/h4-5,10,12,16H,6-9,11,13H2,1-3H3. The number of amides is 1. The molecule has 2 aromatic heterocycles. The van der Waals surface area contributed by atoms with E-state index < -0.39 is 11.9 Å². The number of benzene rings is 1. The molecule has 3 aromatic rings. The number of carbonyl (C=O) groups is 2. The minimum absolute atomic E-state index is 0.151. The summed E-state index contributed by atoms with van der Waals surface area (Å²) in [5, 5.41) is 0.543. The van der Waals surface area contributed by atoms with E-state index in [1.54, 1.807) is 41.6 Å². The average molecular weight is 556 g/mol. The Bertz CT molecular complexity index is 1360. The molecule has 6 nitrogen and oxygen atoms in total. The Kier molecular flexibility index (Phi) is 7.76. The lowest BCUT2D eigenvalue weighted by Crippen LogP contribution is -2.39. The van der Waals surface area contributed by atoms with Crippen molar-refractivity contribution >= 4 is 46.1 Å². The largest absolute Gasteiger partial charge is 0.469 e. The molecule has 0 bridgehead atoms. The van der Waals surface area contributed by atoms with Crippen molar-refractivity contribution in [2.45, 2.75) is 45.8 Å². The molecule has 3 heterocycles. The number of esters is 1. The number of hydrogen-bond acceptors (Lipinski definition) is 4. The van der Waals surface area contributed by atoms with Crippen LogP contribution in [0.4, 0.5) is 13.2 Å². The second kappa shape index (κ2) is 10.5. The second-order valence-corrected chi connectivity index (χ2v) is 10.1. The highest BCUT2D eigenvalue weighted by molar-refractivity contribution is 6.38. The number of pyridine rings is 1. The fraction of sp³-hybridized carbons (Fsp3) is 0.423. The van der Waals surface area contributed by atoms with Crippen LogP contribution in [0.25, 0.3) is 11.0 Å². The second-order valence-electron chi connectivity index (χ2n) is 9.36. The van der Waals surface area contributed by atoms with Gasteiger partial charge in [-0.05, 0) is 61.9 Å². The number of halogens is 5. The Morgan fingerprint density at radius 2 is 1.81 bits per heavy atom. The van der Waals surface area contributed by atoms with Gasteiger partial charge in [0.25, 0.3) is 5.91 Å². The van der Waals surface area contributed by atoms with Crippen LogP contribution in [0.3, 0.4) is 0 Å². The number of likely N-dealkylation sites (tertiary alicyclic amines) is 1. The maximum atomic E-state index is 13.3. The molecule has 4 rings (SSSR count). The van der Waals surface area contributed by atoms with E-state index in [-0.39, 0.29) is 34.9 Å². The van der Waals surface area contributed by atoms with Gasteiger partial charge in [-0.3, -0.25) is 9.59 Å². The van der Waals surface area contributed by atoms with Gasteiger partial charge in [-0.2, -0.15) is 13.2 Å². The van der Waals surface area contributed by atoms with E-state index in [0.29, 0.717) is 65.1 Å². The summed E-state index contributed by atoms with van der Waals surface area (Å²) in [5.74, 6) is -0.337.